The van der Waals surface area contributed by atoms with Crippen LogP contribution < -0.4 is 5.32 Å². The quantitative estimate of drug-likeness (QED) is 0.0581. The topological polar surface area (TPSA) is 191 Å². The van der Waals surface area contributed by atoms with Crippen LogP contribution in [0, 0.1) is 20.2 Å². The fourth-order valence-electron chi connectivity index (χ4n) is 4.08. The van der Waals surface area contributed by atoms with E-state index in [2.05, 4.69) is 12.2 Å². The molecule has 50 heavy (non-hydrogen) atoms. The van der Waals surface area contributed by atoms with Gasteiger partial charge in [0.25, 0.3) is 11.4 Å². The summed E-state index contributed by atoms with van der Waals surface area (Å²) in [5.74, 6) is 0. The van der Waals surface area contributed by atoms with E-state index in [1.54, 1.807) is 0 Å². The molecular weight excluding hydrogens is 662 g/mol. The zero-order valence-corrected chi connectivity index (χ0v) is 29.7. The summed E-state index contributed by atoms with van der Waals surface area (Å²) in [6, 6.07) is 3.43. The number of hydrogen-bond acceptors (Lipinski definition) is 15. The van der Waals surface area contributed by atoms with Crippen LogP contribution in [0.3, 0.4) is 0 Å². The lowest BCUT2D eigenvalue weighted by atomic mass is 10.2. The van der Waals surface area contributed by atoms with Crippen LogP contribution >= 0.6 is 0 Å². The Labute approximate surface area is 295 Å². The van der Waals surface area contributed by atoms with Gasteiger partial charge in [-0.3, -0.25) is 20.2 Å². The van der Waals surface area contributed by atoms with E-state index < -0.39 is 9.85 Å². The Morgan fingerprint density at radius 3 is 1.20 bits per heavy atom. The van der Waals surface area contributed by atoms with E-state index in [1.807, 2.05) is 0 Å². The Hall–Kier alpha value is -2.58. The summed E-state index contributed by atoms with van der Waals surface area (Å²) >= 11 is 0. The average Bonchev–Trinajstić information content (AvgIpc) is 3.11. The van der Waals surface area contributed by atoms with Crippen molar-refractivity contribution in [3.05, 3.63) is 38.4 Å². The van der Waals surface area contributed by atoms with Crippen LogP contribution in [0.25, 0.3) is 0 Å². The van der Waals surface area contributed by atoms with Crippen molar-refractivity contribution in [3.63, 3.8) is 0 Å². The number of nitro groups is 2. The van der Waals surface area contributed by atoms with Gasteiger partial charge in [-0.1, -0.05) is 32.6 Å². The molecule has 17 heteroatoms. The van der Waals surface area contributed by atoms with Gasteiger partial charge in [0.05, 0.1) is 141 Å². The number of unbranched alkanes of at least 4 members (excludes halogenated alkanes) is 4. The number of benzene rings is 1. The highest BCUT2D eigenvalue weighted by Gasteiger charge is 2.19. The SMILES string of the molecule is CCCCCCCOCCOCCOCCOCCOCCOCCOCCOCCOCCOCCNc1ccc([N+](=O)[O-])cc1[N+](=O)[O-]. The summed E-state index contributed by atoms with van der Waals surface area (Å²) in [6.45, 7) is 12.3. The second-order valence-corrected chi connectivity index (χ2v) is 10.7. The van der Waals surface area contributed by atoms with Gasteiger partial charge in [0.15, 0.2) is 0 Å². The third-order valence-electron chi connectivity index (χ3n) is 6.69. The van der Waals surface area contributed by atoms with Crippen LogP contribution in [0.1, 0.15) is 39.0 Å². The summed E-state index contributed by atoms with van der Waals surface area (Å²) < 4.78 is 54.7. The highest BCUT2D eigenvalue weighted by atomic mass is 16.6. The number of ether oxygens (including phenoxy) is 10. The van der Waals surface area contributed by atoms with Gasteiger partial charge in [0.1, 0.15) is 5.69 Å². The molecular formula is C33H59N3O14. The lowest BCUT2D eigenvalue weighted by molar-refractivity contribution is -0.393. The van der Waals surface area contributed by atoms with Gasteiger partial charge in [-0.15, -0.1) is 0 Å². The lowest BCUT2D eigenvalue weighted by Gasteiger charge is -2.09. The van der Waals surface area contributed by atoms with Crippen molar-refractivity contribution in [1.82, 2.24) is 0 Å². The number of nitrogens with zero attached hydrogens (tertiary/aromatic N) is 2. The number of rotatable bonds is 39. The maximum absolute atomic E-state index is 11.1. The minimum Gasteiger partial charge on any atom is -0.379 e. The molecule has 1 aromatic rings. The molecule has 0 unspecified atom stereocenters. The predicted molar refractivity (Wildman–Crippen MR) is 185 cm³/mol. The zero-order valence-electron chi connectivity index (χ0n) is 29.7. The molecule has 0 spiro atoms. The summed E-state index contributed by atoms with van der Waals surface area (Å²) in [4.78, 5) is 20.6. The zero-order chi connectivity index (χ0) is 36.2. The molecule has 1 N–H and O–H groups in total. The van der Waals surface area contributed by atoms with Crippen molar-refractivity contribution in [1.29, 1.82) is 0 Å². The van der Waals surface area contributed by atoms with Crippen molar-refractivity contribution >= 4 is 17.1 Å². The molecule has 0 heterocycles. The third kappa shape index (κ3) is 28.2. The monoisotopic (exact) mass is 721 g/mol. The molecule has 0 bridgehead atoms. The first-order valence-corrected chi connectivity index (χ1v) is 17.5. The first-order chi connectivity index (χ1) is 24.6. The Bertz CT molecular complexity index is 947. The first-order valence-electron chi connectivity index (χ1n) is 17.5. The van der Waals surface area contributed by atoms with Gasteiger partial charge >= 0.3 is 0 Å². The van der Waals surface area contributed by atoms with Crippen LogP contribution in [0.15, 0.2) is 18.2 Å². The third-order valence-corrected chi connectivity index (χ3v) is 6.69. The van der Waals surface area contributed by atoms with Gasteiger partial charge in [-0.25, -0.2) is 0 Å². The number of anilines is 1. The second kappa shape index (κ2) is 34.9. The molecule has 0 atom stereocenters. The van der Waals surface area contributed by atoms with Crippen molar-refractivity contribution in [2.45, 2.75) is 39.0 Å². The molecule has 0 saturated heterocycles. The molecule has 1 aromatic carbocycles. The highest BCUT2D eigenvalue weighted by Crippen LogP contribution is 2.28. The van der Waals surface area contributed by atoms with Crippen molar-refractivity contribution in [3.8, 4) is 0 Å². The first kappa shape index (κ1) is 45.4. The maximum atomic E-state index is 11.1. The van der Waals surface area contributed by atoms with E-state index in [0.29, 0.717) is 125 Å². The standard InChI is InChI=1S/C33H59N3O14/c1-2-3-4-5-6-10-41-12-14-43-16-18-45-20-22-47-24-26-49-28-29-50-27-25-48-23-21-46-19-17-44-15-13-42-11-9-34-32-8-7-31(35(37)38)30-33(32)36(39)40/h7-8,30,34H,2-6,9-29H2,1H3. The molecule has 0 saturated carbocycles. The molecule has 290 valence electrons. The molecule has 0 radical (unpaired) electrons. The van der Waals surface area contributed by atoms with E-state index in [1.165, 1.54) is 37.8 Å². The average molecular weight is 722 g/mol. The van der Waals surface area contributed by atoms with Gasteiger partial charge in [0, 0.05) is 19.2 Å². The summed E-state index contributed by atoms with van der Waals surface area (Å²) in [7, 11) is 0. The lowest BCUT2D eigenvalue weighted by Crippen LogP contribution is -2.16. The van der Waals surface area contributed by atoms with Gasteiger partial charge in [0.2, 0.25) is 0 Å². The van der Waals surface area contributed by atoms with E-state index in [9.17, 15) is 20.2 Å². The van der Waals surface area contributed by atoms with Crippen LogP contribution in [0.2, 0.25) is 0 Å². The number of nitrogens with one attached hydrogen (secondary N) is 1. The van der Waals surface area contributed by atoms with E-state index in [0.717, 1.165) is 19.1 Å². The van der Waals surface area contributed by atoms with Gasteiger partial charge in [-0.2, -0.15) is 0 Å². The Balaban J connectivity index is 1.71. The van der Waals surface area contributed by atoms with E-state index >= 15 is 0 Å². The van der Waals surface area contributed by atoms with Gasteiger partial charge < -0.3 is 52.7 Å². The maximum Gasteiger partial charge on any atom is 0.299 e. The van der Waals surface area contributed by atoms with E-state index in [-0.39, 0.29) is 23.7 Å². The molecule has 0 fully saturated rings. The van der Waals surface area contributed by atoms with Crippen molar-refractivity contribution in [2.75, 3.05) is 144 Å². The largest absolute Gasteiger partial charge is 0.379 e. The molecule has 17 nitrogen and oxygen atoms in total. The summed E-state index contributed by atoms with van der Waals surface area (Å²) in [6.07, 6.45) is 6.22. The van der Waals surface area contributed by atoms with Crippen LogP contribution in [-0.2, 0) is 47.4 Å². The summed E-state index contributed by atoms with van der Waals surface area (Å²) in [5.41, 5.74) is -0.519. The second-order valence-electron chi connectivity index (χ2n) is 10.7. The fraction of sp³-hybridized carbons (Fsp3) is 0.818. The summed E-state index contributed by atoms with van der Waals surface area (Å²) in [5, 5.41) is 24.8. The molecule has 0 aromatic heterocycles. The predicted octanol–water partition coefficient (Wildman–Crippen LogP) is 4.05. The van der Waals surface area contributed by atoms with Crippen LogP contribution in [-0.4, -0.2) is 149 Å². The minimum absolute atomic E-state index is 0.188. The Kier molecular flexibility index (Phi) is 31.7. The Morgan fingerprint density at radius 1 is 0.480 bits per heavy atom. The van der Waals surface area contributed by atoms with Crippen LogP contribution in [0.4, 0.5) is 17.1 Å². The molecule has 1 rings (SSSR count). The van der Waals surface area contributed by atoms with Crippen molar-refractivity contribution < 1.29 is 57.2 Å². The normalized spacial score (nSPS) is 11.3. The molecule has 0 aliphatic rings. The van der Waals surface area contributed by atoms with Crippen LogP contribution in [0.5, 0.6) is 0 Å². The number of non-ortho nitro benzene ring substituents is 1. The number of hydrogen-bond donors (Lipinski definition) is 1. The minimum atomic E-state index is -0.679. The molecule has 0 aliphatic heterocycles. The van der Waals surface area contributed by atoms with Crippen molar-refractivity contribution in [2.24, 2.45) is 0 Å². The van der Waals surface area contributed by atoms with Gasteiger partial charge in [-0.05, 0) is 12.5 Å². The highest BCUT2D eigenvalue weighted by molar-refractivity contribution is 5.65. The number of nitro benzene ring substituents is 2. The smallest absolute Gasteiger partial charge is 0.299 e. The Morgan fingerprint density at radius 2 is 0.840 bits per heavy atom. The molecule has 0 amide bonds. The fourth-order valence-corrected chi connectivity index (χ4v) is 4.08. The molecule has 0 aliphatic carbocycles. The van der Waals surface area contributed by atoms with E-state index in [4.69, 9.17) is 47.4 Å².